The number of hydrogen-bond donors (Lipinski definition) is 1. The minimum atomic E-state index is -0.0440. The largest absolute Gasteiger partial charge is 0.353 e. The van der Waals surface area contributed by atoms with Crippen LogP contribution in [0, 0.1) is 5.92 Å². The van der Waals surface area contributed by atoms with Crippen molar-refractivity contribution in [3.05, 3.63) is 36.2 Å². The maximum Gasteiger partial charge on any atom is 0.243 e. The van der Waals surface area contributed by atoms with Crippen LogP contribution in [0.1, 0.15) is 25.8 Å². The smallest absolute Gasteiger partial charge is 0.243 e. The van der Waals surface area contributed by atoms with Crippen LogP contribution < -0.4 is 5.32 Å². The van der Waals surface area contributed by atoms with Crippen molar-refractivity contribution in [2.24, 2.45) is 5.92 Å². The van der Waals surface area contributed by atoms with E-state index in [-0.39, 0.29) is 5.91 Å². The Bertz CT molecular complexity index is 344. The zero-order chi connectivity index (χ0) is 11.8. The van der Waals surface area contributed by atoms with E-state index in [1.807, 2.05) is 12.1 Å². The second kappa shape index (κ2) is 6.77. The summed E-state index contributed by atoms with van der Waals surface area (Å²) < 4.78 is 0. The van der Waals surface area contributed by atoms with Gasteiger partial charge in [0.1, 0.15) is 0 Å². The Morgan fingerprint density at radius 1 is 1.44 bits per heavy atom. The Kier molecular flexibility index (Phi) is 5.26. The second-order valence-corrected chi connectivity index (χ2v) is 4.09. The Hall–Kier alpha value is -1.64. The molecule has 0 saturated carbocycles. The lowest BCUT2D eigenvalue weighted by molar-refractivity contribution is -0.116. The van der Waals surface area contributed by atoms with Gasteiger partial charge in [0.25, 0.3) is 0 Å². The number of nitrogens with one attached hydrogen (secondary N) is 1. The van der Waals surface area contributed by atoms with Gasteiger partial charge in [-0.3, -0.25) is 9.78 Å². The van der Waals surface area contributed by atoms with Crippen LogP contribution in [0.15, 0.2) is 30.6 Å². The molecule has 1 aromatic rings. The first-order chi connectivity index (χ1) is 7.68. The molecule has 0 fully saturated rings. The molecule has 0 aliphatic carbocycles. The standard InChI is InChI=1S/C13H18N2O/c1-11(2)5-10-15-13(16)4-3-12-6-8-14-9-7-12/h3-4,6-9,11H,5,10H2,1-2H3,(H,15,16)/b4-3+. The van der Waals surface area contributed by atoms with Crippen LogP contribution in [0.3, 0.4) is 0 Å². The summed E-state index contributed by atoms with van der Waals surface area (Å²) >= 11 is 0. The van der Waals surface area contributed by atoms with E-state index in [1.165, 1.54) is 0 Å². The van der Waals surface area contributed by atoms with Crippen LogP contribution in [-0.4, -0.2) is 17.4 Å². The summed E-state index contributed by atoms with van der Waals surface area (Å²) in [5.74, 6) is 0.571. The number of carbonyl (C=O) groups excluding carboxylic acids is 1. The molecule has 16 heavy (non-hydrogen) atoms. The third kappa shape index (κ3) is 5.29. The van der Waals surface area contributed by atoms with Crippen LogP contribution in [0.5, 0.6) is 0 Å². The Balaban J connectivity index is 2.32. The molecule has 0 bridgehead atoms. The molecule has 1 rings (SSSR count). The summed E-state index contributed by atoms with van der Waals surface area (Å²) in [7, 11) is 0. The number of pyridine rings is 1. The first-order valence-electron chi connectivity index (χ1n) is 5.54. The number of carbonyl (C=O) groups is 1. The van der Waals surface area contributed by atoms with Crippen LogP contribution >= 0.6 is 0 Å². The summed E-state index contributed by atoms with van der Waals surface area (Å²) in [6.07, 6.45) is 7.75. The van der Waals surface area contributed by atoms with Gasteiger partial charge in [-0.25, -0.2) is 0 Å². The maximum absolute atomic E-state index is 11.4. The monoisotopic (exact) mass is 218 g/mol. The van der Waals surface area contributed by atoms with E-state index in [0.29, 0.717) is 5.92 Å². The molecule has 1 N–H and O–H groups in total. The zero-order valence-electron chi connectivity index (χ0n) is 9.81. The van der Waals surface area contributed by atoms with Gasteiger partial charge < -0.3 is 5.32 Å². The van der Waals surface area contributed by atoms with Crippen molar-refractivity contribution in [1.29, 1.82) is 0 Å². The van der Waals surface area contributed by atoms with Crippen molar-refractivity contribution in [2.75, 3.05) is 6.54 Å². The summed E-state index contributed by atoms with van der Waals surface area (Å²) in [5.41, 5.74) is 0.981. The summed E-state index contributed by atoms with van der Waals surface area (Å²) in [6, 6.07) is 3.72. The summed E-state index contributed by atoms with van der Waals surface area (Å²) in [5, 5.41) is 2.84. The molecule has 3 heteroatoms. The van der Waals surface area contributed by atoms with Crippen LogP contribution in [0.2, 0.25) is 0 Å². The Labute approximate surface area is 96.6 Å². The van der Waals surface area contributed by atoms with Gasteiger partial charge in [0, 0.05) is 25.0 Å². The van der Waals surface area contributed by atoms with Gasteiger partial charge in [-0.1, -0.05) is 13.8 Å². The highest BCUT2D eigenvalue weighted by Gasteiger charge is 1.96. The minimum Gasteiger partial charge on any atom is -0.353 e. The first kappa shape index (κ1) is 12.4. The number of nitrogens with zero attached hydrogens (tertiary/aromatic N) is 1. The van der Waals surface area contributed by atoms with Gasteiger partial charge in [-0.2, -0.15) is 0 Å². The third-order valence-corrected chi connectivity index (χ3v) is 2.15. The van der Waals surface area contributed by atoms with Crippen LogP contribution in [-0.2, 0) is 4.79 Å². The fourth-order valence-electron chi connectivity index (χ4n) is 1.19. The molecule has 1 aromatic heterocycles. The molecule has 0 aromatic carbocycles. The summed E-state index contributed by atoms with van der Waals surface area (Å²) in [6.45, 7) is 5.01. The number of rotatable bonds is 5. The van der Waals surface area contributed by atoms with E-state index in [1.54, 1.807) is 24.5 Å². The fraction of sp³-hybridized carbons (Fsp3) is 0.385. The van der Waals surface area contributed by atoms with E-state index >= 15 is 0 Å². The quantitative estimate of drug-likeness (QED) is 0.770. The van der Waals surface area contributed by atoms with Crippen molar-refractivity contribution in [1.82, 2.24) is 10.3 Å². The number of amides is 1. The highest BCUT2D eigenvalue weighted by molar-refractivity contribution is 5.91. The van der Waals surface area contributed by atoms with E-state index in [0.717, 1.165) is 18.5 Å². The topological polar surface area (TPSA) is 42.0 Å². The van der Waals surface area contributed by atoms with Gasteiger partial charge in [0.15, 0.2) is 0 Å². The molecule has 0 aliphatic rings. The Morgan fingerprint density at radius 2 is 2.12 bits per heavy atom. The van der Waals surface area contributed by atoms with E-state index in [9.17, 15) is 4.79 Å². The molecule has 0 unspecified atom stereocenters. The molecular formula is C13H18N2O. The lowest BCUT2D eigenvalue weighted by Gasteiger charge is -2.04. The zero-order valence-corrected chi connectivity index (χ0v) is 9.81. The molecule has 1 amide bonds. The molecule has 0 spiro atoms. The first-order valence-corrected chi connectivity index (χ1v) is 5.54. The molecular weight excluding hydrogens is 200 g/mol. The van der Waals surface area contributed by atoms with E-state index in [2.05, 4.69) is 24.1 Å². The third-order valence-electron chi connectivity index (χ3n) is 2.15. The molecule has 3 nitrogen and oxygen atoms in total. The maximum atomic E-state index is 11.4. The number of aromatic nitrogens is 1. The lowest BCUT2D eigenvalue weighted by atomic mass is 10.1. The van der Waals surface area contributed by atoms with Gasteiger partial charge in [0.2, 0.25) is 5.91 Å². The fourth-order valence-corrected chi connectivity index (χ4v) is 1.19. The van der Waals surface area contributed by atoms with Crippen molar-refractivity contribution < 1.29 is 4.79 Å². The van der Waals surface area contributed by atoms with Crippen LogP contribution in [0.4, 0.5) is 0 Å². The van der Waals surface area contributed by atoms with Crippen molar-refractivity contribution >= 4 is 12.0 Å². The average Bonchev–Trinajstić information content (AvgIpc) is 2.27. The van der Waals surface area contributed by atoms with Gasteiger partial charge in [-0.15, -0.1) is 0 Å². The van der Waals surface area contributed by atoms with Gasteiger partial charge >= 0.3 is 0 Å². The van der Waals surface area contributed by atoms with Gasteiger partial charge in [-0.05, 0) is 36.1 Å². The van der Waals surface area contributed by atoms with Gasteiger partial charge in [0.05, 0.1) is 0 Å². The number of hydrogen-bond acceptors (Lipinski definition) is 2. The molecule has 0 atom stereocenters. The molecule has 1 heterocycles. The second-order valence-electron chi connectivity index (χ2n) is 4.09. The normalized spacial score (nSPS) is 10.9. The van der Waals surface area contributed by atoms with E-state index in [4.69, 9.17) is 0 Å². The minimum absolute atomic E-state index is 0.0440. The van der Waals surface area contributed by atoms with E-state index < -0.39 is 0 Å². The predicted molar refractivity (Wildman–Crippen MR) is 65.7 cm³/mol. The highest BCUT2D eigenvalue weighted by atomic mass is 16.1. The average molecular weight is 218 g/mol. The summed E-state index contributed by atoms with van der Waals surface area (Å²) in [4.78, 5) is 15.3. The SMILES string of the molecule is CC(C)CCNC(=O)/C=C/c1ccncc1. The Morgan fingerprint density at radius 3 is 2.75 bits per heavy atom. The van der Waals surface area contributed by atoms with Crippen molar-refractivity contribution in [3.63, 3.8) is 0 Å². The molecule has 0 saturated heterocycles. The molecule has 86 valence electrons. The predicted octanol–water partition coefficient (Wildman–Crippen LogP) is 2.26. The molecule has 0 aliphatic heterocycles. The lowest BCUT2D eigenvalue weighted by Crippen LogP contribution is -2.23. The van der Waals surface area contributed by atoms with Crippen LogP contribution in [0.25, 0.3) is 6.08 Å². The van der Waals surface area contributed by atoms with Crippen molar-refractivity contribution in [3.8, 4) is 0 Å². The molecule has 0 radical (unpaired) electrons. The highest BCUT2D eigenvalue weighted by Crippen LogP contribution is 1.99. The van der Waals surface area contributed by atoms with Crippen molar-refractivity contribution in [2.45, 2.75) is 20.3 Å².